The van der Waals surface area contributed by atoms with Crippen LogP contribution >= 0.6 is 11.3 Å². The van der Waals surface area contributed by atoms with Crippen LogP contribution in [0.25, 0.3) is 0 Å². The maximum atomic E-state index is 12.9. The van der Waals surface area contributed by atoms with Gasteiger partial charge in [0.05, 0.1) is 4.88 Å². The molecule has 1 N–H and O–H groups in total. The standard InChI is InChI=1S/C19H20FNO4S/c1-11(2)17(21-18(23)13-5-7-14(20)8-6-13)19(24)25-10-15(22)16-9-4-12(3)26-16/h4-9,11,17H,10H2,1-3H3,(H,21,23)/t17-/m0/s1. The smallest absolute Gasteiger partial charge is 0.329 e. The summed E-state index contributed by atoms with van der Waals surface area (Å²) in [5.74, 6) is -2.18. The Balaban J connectivity index is 1.97. The van der Waals surface area contributed by atoms with Gasteiger partial charge in [-0.2, -0.15) is 0 Å². The Labute approximate surface area is 155 Å². The molecule has 0 bridgehead atoms. The van der Waals surface area contributed by atoms with Gasteiger partial charge >= 0.3 is 5.97 Å². The molecule has 5 nitrogen and oxygen atoms in total. The molecule has 0 aliphatic rings. The second-order valence-electron chi connectivity index (χ2n) is 6.14. The third kappa shape index (κ3) is 5.23. The van der Waals surface area contributed by atoms with Crippen molar-refractivity contribution in [3.63, 3.8) is 0 Å². The monoisotopic (exact) mass is 377 g/mol. The number of nitrogens with one attached hydrogen (secondary N) is 1. The van der Waals surface area contributed by atoms with Crippen molar-refractivity contribution >= 4 is 29.0 Å². The highest BCUT2D eigenvalue weighted by atomic mass is 32.1. The molecule has 0 radical (unpaired) electrons. The number of ether oxygens (including phenoxy) is 1. The molecule has 0 aliphatic heterocycles. The lowest BCUT2D eigenvalue weighted by molar-refractivity contribution is -0.145. The average molecular weight is 377 g/mol. The highest BCUT2D eigenvalue weighted by molar-refractivity contribution is 7.14. The van der Waals surface area contributed by atoms with Crippen molar-refractivity contribution in [3.8, 4) is 0 Å². The van der Waals surface area contributed by atoms with Gasteiger partial charge in [0.25, 0.3) is 5.91 Å². The molecule has 0 saturated heterocycles. The molecule has 0 spiro atoms. The Kier molecular flexibility index (Phi) is 6.63. The van der Waals surface area contributed by atoms with Crippen LogP contribution in [0.1, 0.15) is 38.8 Å². The lowest BCUT2D eigenvalue weighted by Crippen LogP contribution is -2.45. The molecule has 0 fully saturated rings. The van der Waals surface area contributed by atoms with E-state index in [2.05, 4.69) is 5.32 Å². The summed E-state index contributed by atoms with van der Waals surface area (Å²) in [6.07, 6.45) is 0. The molecule has 26 heavy (non-hydrogen) atoms. The summed E-state index contributed by atoms with van der Waals surface area (Å²) >= 11 is 1.33. The number of aryl methyl sites for hydroxylation is 1. The number of carbonyl (C=O) groups excluding carboxylic acids is 3. The fourth-order valence-electron chi connectivity index (χ4n) is 2.21. The molecule has 1 heterocycles. The second-order valence-corrected chi connectivity index (χ2v) is 7.43. The van der Waals surface area contributed by atoms with E-state index in [1.165, 1.54) is 35.6 Å². The topological polar surface area (TPSA) is 72.5 Å². The van der Waals surface area contributed by atoms with Crippen LogP contribution in [-0.2, 0) is 9.53 Å². The minimum absolute atomic E-state index is 0.231. The van der Waals surface area contributed by atoms with Gasteiger partial charge in [0.1, 0.15) is 11.9 Å². The summed E-state index contributed by atoms with van der Waals surface area (Å²) in [5, 5.41) is 2.57. The highest BCUT2D eigenvalue weighted by Gasteiger charge is 2.27. The van der Waals surface area contributed by atoms with Crippen molar-refractivity contribution in [3.05, 3.63) is 57.5 Å². The third-order valence-electron chi connectivity index (χ3n) is 3.67. The number of benzene rings is 1. The molecule has 2 aromatic rings. The molecule has 7 heteroatoms. The molecular weight excluding hydrogens is 357 g/mol. The SMILES string of the molecule is Cc1ccc(C(=O)COC(=O)[C@@H](NC(=O)c2ccc(F)cc2)C(C)C)s1. The molecule has 1 aromatic carbocycles. The largest absolute Gasteiger partial charge is 0.456 e. The van der Waals surface area contributed by atoms with Crippen LogP contribution in [0.2, 0.25) is 0 Å². The number of amides is 1. The van der Waals surface area contributed by atoms with E-state index in [9.17, 15) is 18.8 Å². The first-order chi connectivity index (χ1) is 12.3. The normalized spacial score (nSPS) is 11.9. The van der Waals surface area contributed by atoms with E-state index in [-0.39, 0.29) is 23.9 Å². The predicted octanol–water partition coefficient (Wildman–Crippen LogP) is 3.38. The number of thiophene rings is 1. The first kappa shape index (κ1) is 19.8. The summed E-state index contributed by atoms with van der Waals surface area (Å²) in [4.78, 5) is 38.1. The van der Waals surface area contributed by atoms with Crippen molar-refractivity contribution in [2.75, 3.05) is 6.61 Å². The molecule has 1 atom stereocenters. The van der Waals surface area contributed by atoms with Gasteiger partial charge in [-0.25, -0.2) is 9.18 Å². The quantitative estimate of drug-likeness (QED) is 0.593. The van der Waals surface area contributed by atoms with Crippen LogP contribution in [-0.4, -0.2) is 30.3 Å². The van der Waals surface area contributed by atoms with Crippen LogP contribution in [0.15, 0.2) is 36.4 Å². The minimum atomic E-state index is -0.912. The van der Waals surface area contributed by atoms with Gasteiger partial charge in [0, 0.05) is 10.4 Å². The van der Waals surface area contributed by atoms with Crippen LogP contribution in [0, 0.1) is 18.7 Å². The van der Waals surface area contributed by atoms with E-state index < -0.39 is 23.7 Å². The Morgan fingerprint density at radius 2 is 1.77 bits per heavy atom. The third-order valence-corrected chi connectivity index (χ3v) is 4.72. The van der Waals surface area contributed by atoms with Crippen LogP contribution in [0.5, 0.6) is 0 Å². The van der Waals surface area contributed by atoms with Crippen molar-refractivity contribution in [2.45, 2.75) is 26.8 Å². The van der Waals surface area contributed by atoms with Crippen molar-refractivity contribution < 1.29 is 23.5 Å². The maximum Gasteiger partial charge on any atom is 0.329 e. The van der Waals surface area contributed by atoms with Gasteiger partial charge < -0.3 is 10.1 Å². The number of ketones is 1. The van der Waals surface area contributed by atoms with Gasteiger partial charge in [-0.15, -0.1) is 11.3 Å². The number of halogens is 1. The summed E-state index contributed by atoms with van der Waals surface area (Å²) in [6.45, 7) is 5.00. The molecular formula is C19H20FNO4S. The average Bonchev–Trinajstić information content (AvgIpc) is 3.04. The Hall–Kier alpha value is -2.54. The summed E-state index contributed by atoms with van der Waals surface area (Å²) < 4.78 is 18.0. The van der Waals surface area contributed by atoms with E-state index in [1.807, 2.05) is 13.0 Å². The number of carbonyl (C=O) groups is 3. The number of Topliss-reactive ketones (excluding diaryl/α,β-unsaturated/α-hetero) is 1. The van der Waals surface area contributed by atoms with Crippen LogP contribution in [0.4, 0.5) is 4.39 Å². The van der Waals surface area contributed by atoms with Crippen molar-refractivity contribution in [1.29, 1.82) is 0 Å². The number of hydrogen-bond donors (Lipinski definition) is 1. The first-order valence-corrected chi connectivity index (χ1v) is 8.92. The van der Waals surface area contributed by atoms with Gasteiger partial charge in [-0.3, -0.25) is 9.59 Å². The Bertz CT molecular complexity index is 798. The van der Waals surface area contributed by atoms with Gasteiger partial charge in [0.15, 0.2) is 6.61 Å². The number of hydrogen-bond acceptors (Lipinski definition) is 5. The predicted molar refractivity (Wildman–Crippen MR) is 96.8 cm³/mol. The second kappa shape index (κ2) is 8.71. The lowest BCUT2D eigenvalue weighted by Gasteiger charge is -2.20. The fourth-order valence-corrected chi connectivity index (χ4v) is 3.00. The molecule has 1 amide bonds. The van der Waals surface area contributed by atoms with E-state index in [0.29, 0.717) is 4.88 Å². The zero-order valence-electron chi connectivity index (χ0n) is 14.7. The Morgan fingerprint density at radius 1 is 1.12 bits per heavy atom. The van der Waals surface area contributed by atoms with E-state index in [0.717, 1.165) is 4.88 Å². The number of esters is 1. The van der Waals surface area contributed by atoms with E-state index in [4.69, 9.17) is 4.74 Å². The van der Waals surface area contributed by atoms with Gasteiger partial charge in [-0.1, -0.05) is 13.8 Å². The number of rotatable bonds is 7. The summed E-state index contributed by atoms with van der Waals surface area (Å²) in [5.41, 5.74) is 0.231. The van der Waals surface area contributed by atoms with E-state index >= 15 is 0 Å². The van der Waals surface area contributed by atoms with Crippen molar-refractivity contribution in [2.24, 2.45) is 5.92 Å². The van der Waals surface area contributed by atoms with Gasteiger partial charge in [0.2, 0.25) is 5.78 Å². The summed E-state index contributed by atoms with van der Waals surface area (Å²) in [6, 6.07) is 7.59. The maximum absolute atomic E-state index is 12.9. The van der Waals surface area contributed by atoms with Crippen molar-refractivity contribution in [1.82, 2.24) is 5.32 Å². The Morgan fingerprint density at radius 3 is 2.31 bits per heavy atom. The van der Waals surface area contributed by atoms with Gasteiger partial charge in [-0.05, 0) is 49.2 Å². The fraction of sp³-hybridized carbons (Fsp3) is 0.316. The molecule has 2 rings (SSSR count). The molecule has 1 aromatic heterocycles. The molecule has 0 saturated carbocycles. The first-order valence-electron chi connectivity index (χ1n) is 8.10. The van der Waals surface area contributed by atoms with E-state index in [1.54, 1.807) is 19.9 Å². The summed E-state index contributed by atoms with van der Waals surface area (Å²) in [7, 11) is 0. The highest BCUT2D eigenvalue weighted by Crippen LogP contribution is 2.16. The zero-order chi connectivity index (χ0) is 19.3. The molecule has 0 unspecified atom stereocenters. The molecule has 0 aliphatic carbocycles. The zero-order valence-corrected chi connectivity index (χ0v) is 15.6. The lowest BCUT2D eigenvalue weighted by atomic mass is 10.0. The van der Waals surface area contributed by atoms with Crippen LogP contribution in [0.3, 0.4) is 0 Å². The van der Waals surface area contributed by atoms with Crippen LogP contribution < -0.4 is 5.32 Å². The minimum Gasteiger partial charge on any atom is -0.456 e. The molecule has 138 valence electrons.